The second-order valence-electron chi connectivity index (χ2n) is 4.30. The van der Waals surface area contributed by atoms with Crippen molar-refractivity contribution in [2.75, 3.05) is 18.0 Å². The van der Waals surface area contributed by atoms with Gasteiger partial charge in [-0.1, -0.05) is 17.7 Å². The van der Waals surface area contributed by atoms with Crippen molar-refractivity contribution in [3.05, 3.63) is 29.8 Å². The highest BCUT2D eigenvalue weighted by molar-refractivity contribution is 6.12. The van der Waals surface area contributed by atoms with Crippen molar-refractivity contribution in [2.45, 2.75) is 13.1 Å². The summed E-state index contributed by atoms with van der Waals surface area (Å²) < 4.78 is 36.8. The molecular formula is C12H11F3N2O2. The van der Waals surface area contributed by atoms with Gasteiger partial charge in [0.05, 0.1) is 0 Å². The zero-order valence-corrected chi connectivity index (χ0v) is 10.1. The average molecular weight is 272 g/mol. The molecule has 2 rings (SSSR count). The number of carbonyl (C=O) groups is 2. The van der Waals surface area contributed by atoms with Gasteiger partial charge < -0.3 is 0 Å². The Morgan fingerprint density at radius 3 is 2.26 bits per heavy atom. The van der Waals surface area contributed by atoms with Gasteiger partial charge in [-0.25, -0.2) is 4.79 Å². The lowest BCUT2D eigenvalue weighted by Gasteiger charge is -2.18. The first-order valence-corrected chi connectivity index (χ1v) is 5.53. The minimum absolute atomic E-state index is 0.222. The zero-order chi connectivity index (χ0) is 14.2. The van der Waals surface area contributed by atoms with E-state index in [4.69, 9.17) is 0 Å². The molecule has 0 bridgehead atoms. The summed E-state index contributed by atoms with van der Waals surface area (Å²) in [5.41, 5.74) is 1.36. The number of hydrogen-bond donors (Lipinski definition) is 0. The number of urea groups is 1. The van der Waals surface area contributed by atoms with Crippen LogP contribution in [-0.4, -0.2) is 36.1 Å². The quantitative estimate of drug-likeness (QED) is 0.775. The molecule has 7 heteroatoms. The molecular weight excluding hydrogens is 261 g/mol. The third kappa shape index (κ3) is 2.86. The summed E-state index contributed by atoms with van der Waals surface area (Å²) in [5.74, 6) is -0.845. The van der Waals surface area contributed by atoms with Crippen molar-refractivity contribution in [2.24, 2.45) is 0 Å². The maximum Gasteiger partial charge on any atom is 0.406 e. The number of hydrogen-bond acceptors (Lipinski definition) is 2. The van der Waals surface area contributed by atoms with Gasteiger partial charge in [0, 0.05) is 5.69 Å². The number of rotatable bonds is 2. The summed E-state index contributed by atoms with van der Waals surface area (Å²) in [5, 5.41) is 0. The van der Waals surface area contributed by atoms with Crippen molar-refractivity contribution < 1.29 is 22.8 Å². The van der Waals surface area contributed by atoms with Crippen LogP contribution in [0.2, 0.25) is 0 Å². The van der Waals surface area contributed by atoms with Crippen LogP contribution in [0.15, 0.2) is 24.3 Å². The Morgan fingerprint density at radius 1 is 1.16 bits per heavy atom. The molecule has 0 spiro atoms. The second kappa shape index (κ2) is 4.56. The van der Waals surface area contributed by atoms with Crippen molar-refractivity contribution in [1.29, 1.82) is 0 Å². The number of imide groups is 1. The summed E-state index contributed by atoms with van der Waals surface area (Å²) in [6.45, 7) is -0.0678. The van der Waals surface area contributed by atoms with Crippen LogP contribution in [0.25, 0.3) is 0 Å². The number of carbonyl (C=O) groups excluding carboxylic acids is 2. The fraction of sp³-hybridized carbons (Fsp3) is 0.333. The Kier molecular flexibility index (Phi) is 3.21. The van der Waals surface area contributed by atoms with E-state index < -0.39 is 24.7 Å². The van der Waals surface area contributed by atoms with Crippen molar-refractivity contribution in [3.63, 3.8) is 0 Å². The maximum absolute atomic E-state index is 12.3. The van der Waals surface area contributed by atoms with Crippen LogP contribution in [0, 0.1) is 6.92 Å². The van der Waals surface area contributed by atoms with Crippen LogP contribution in [-0.2, 0) is 4.79 Å². The number of anilines is 1. The molecule has 1 aromatic rings. The number of aryl methyl sites for hydroxylation is 1. The van der Waals surface area contributed by atoms with E-state index in [1.54, 1.807) is 24.3 Å². The number of halogens is 3. The Bertz CT molecular complexity index is 511. The van der Waals surface area contributed by atoms with E-state index in [2.05, 4.69) is 0 Å². The van der Waals surface area contributed by atoms with E-state index in [1.807, 2.05) is 6.92 Å². The fourth-order valence-electron chi connectivity index (χ4n) is 1.80. The monoisotopic (exact) mass is 272 g/mol. The van der Waals surface area contributed by atoms with Crippen LogP contribution >= 0.6 is 0 Å². The highest BCUT2D eigenvalue weighted by Crippen LogP contribution is 2.25. The number of amides is 3. The molecule has 0 unspecified atom stereocenters. The lowest BCUT2D eigenvalue weighted by atomic mass is 10.2. The highest BCUT2D eigenvalue weighted by atomic mass is 19.4. The SMILES string of the molecule is Cc1ccc(N2CC(=O)N(CC(F)(F)F)C2=O)cc1. The second-order valence-corrected chi connectivity index (χ2v) is 4.30. The van der Waals surface area contributed by atoms with E-state index in [0.29, 0.717) is 5.69 Å². The van der Waals surface area contributed by atoms with E-state index >= 15 is 0 Å². The van der Waals surface area contributed by atoms with Gasteiger partial charge in [-0.3, -0.25) is 14.6 Å². The summed E-state index contributed by atoms with van der Waals surface area (Å²) in [6, 6.07) is 5.69. The van der Waals surface area contributed by atoms with E-state index in [9.17, 15) is 22.8 Å². The largest absolute Gasteiger partial charge is 0.406 e. The molecule has 0 radical (unpaired) electrons. The molecule has 0 aromatic heterocycles. The first-order valence-electron chi connectivity index (χ1n) is 5.53. The van der Waals surface area contributed by atoms with Gasteiger partial charge in [-0.2, -0.15) is 13.2 Å². The molecule has 1 aliphatic rings. The van der Waals surface area contributed by atoms with Crippen LogP contribution in [0.1, 0.15) is 5.56 Å². The molecule has 1 aromatic carbocycles. The average Bonchev–Trinajstić information content (AvgIpc) is 2.56. The maximum atomic E-state index is 12.3. The minimum atomic E-state index is -4.59. The van der Waals surface area contributed by atoms with Crippen LogP contribution in [0.5, 0.6) is 0 Å². The molecule has 1 saturated heterocycles. The molecule has 0 aliphatic carbocycles. The fourth-order valence-corrected chi connectivity index (χ4v) is 1.80. The molecule has 0 saturated carbocycles. The predicted molar refractivity (Wildman–Crippen MR) is 61.7 cm³/mol. The molecule has 19 heavy (non-hydrogen) atoms. The van der Waals surface area contributed by atoms with Crippen molar-refractivity contribution in [3.8, 4) is 0 Å². The summed E-state index contributed by atoms with van der Waals surface area (Å²) >= 11 is 0. The molecule has 1 fully saturated rings. The van der Waals surface area contributed by atoms with E-state index in [0.717, 1.165) is 10.5 Å². The number of benzene rings is 1. The van der Waals surface area contributed by atoms with Crippen LogP contribution in [0.4, 0.5) is 23.7 Å². The van der Waals surface area contributed by atoms with E-state index in [1.165, 1.54) is 0 Å². The lowest BCUT2D eigenvalue weighted by Crippen LogP contribution is -2.39. The Balaban J connectivity index is 2.20. The van der Waals surface area contributed by atoms with Gasteiger partial charge >= 0.3 is 12.2 Å². The highest BCUT2D eigenvalue weighted by Gasteiger charge is 2.43. The summed E-state index contributed by atoms with van der Waals surface area (Å²) in [6.07, 6.45) is -4.59. The predicted octanol–water partition coefficient (Wildman–Crippen LogP) is 2.33. The van der Waals surface area contributed by atoms with Gasteiger partial charge in [-0.15, -0.1) is 0 Å². The Labute approximate surface area is 107 Å². The first kappa shape index (κ1) is 13.4. The van der Waals surface area contributed by atoms with Gasteiger partial charge in [0.2, 0.25) is 0 Å². The van der Waals surface area contributed by atoms with Gasteiger partial charge in [0.25, 0.3) is 5.91 Å². The smallest absolute Gasteiger partial charge is 0.285 e. The van der Waals surface area contributed by atoms with Gasteiger partial charge in [0.1, 0.15) is 13.1 Å². The normalized spacial score (nSPS) is 16.4. The number of alkyl halides is 3. The molecule has 1 heterocycles. The number of nitrogens with zero attached hydrogens (tertiary/aromatic N) is 2. The molecule has 4 nitrogen and oxygen atoms in total. The van der Waals surface area contributed by atoms with Gasteiger partial charge in [0.15, 0.2) is 0 Å². The van der Waals surface area contributed by atoms with Crippen LogP contribution in [0.3, 0.4) is 0 Å². The standard InChI is InChI=1S/C12H11F3N2O2/c1-8-2-4-9(5-3-8)16-6-10(18)17(11(16)19)7-12(13,14)15/h2-5H,6-7H2,1H3. The lowest BCUT2D eigenvalue weighted by molar-refractivity contribution is -0.151. The topological polar surface area (TPSA) is 40.6 Å². The Morgan fingerprint density at radius 2 is 1.74 bits per heavy atom. The van der Waals surface area contributed by atoms with Crippen molar-refractivity contribution in [1.82, 2.24) is 4.90 Å². The minimum Gasteiger partial charge on any atom is -0.285 e. The van der Waals surface area contributed by atoms with Gasteiger partial charge in [-0.05, 0) is 19.1 Å². The van der Waals surface area contributed by atoms with Crippen LogP contribution < -0.4 is 4.90 Å². The third-order valence-electron chi connectivity index (χ3n) is 2.74. The van der Waals surface area contributed by atoms with Crippen molar-refractivity contribution >= 4 is 17.6 Å². The third-order valence-corrected chi connectivity index (χ3v) is 2.74. The zero-order valence-electron chi connectivity index (χ0n) is 10.1. The first-order chi connectivity index (χ1) is 8.78. The molecule has 3 amide bonds. The summed E-state index contributed by atoms with van der Waals surface area (Å²) in [7, 11) is 0. The summed E-state index contributed by atoms with van der Waals surface area (Å²) in [4.78, 5) is 24.5. The molecule has 0 N–H and O–H groups in total. The molecule has 1 aliphatic heterocycles. The molecule has 0 atom stereocenters. The molecule has 102 valence electrons. The van der Waals surface area contributed by atoms with E-state index in [-0.39, 0.29) is 11.4 Å². The Hall–Kier alpha value is -2.05.